The standard InChI is InChI=1S/C18H16FN3O2S/c19-14-7-5-12(6-8-14)16-20-17(24-21-16)13-3-1-9-22(11-13)18(23)15-4-2-10-25-15/h2,4-8,10,13H,1,3,9,11H2/t13-/m0/s1. The number of hydrogen-bond acceptors (Lipinski definition) is 5. The molecule has 3 heterocycles. The Morgan fingerprint density at radius 3 is 2.88 bits per heavy atom. The van der Waals surface area contributed by atoms with Crippen molar-refractivity contribution >= 4 is 17.2 Å². The normalized spacial score (nSPS) is 17.6. The lowest BCUT2D eigenvalue weighted by atomic mass is 9.98. The maximum absolute atomic E-state index is 13.0. The Labute approximate surface area is 148 Å². The maximum Gasteiger partial charge on any atom is 0.263 e. The minimum atomic E-state index is -0.303. The smallest absolute Gasteiger partial charge is 0.263 e. The molecular formula is C18H16FN3O2S. The summed E-state index contributed by atoms with van der Waals surface area (Å²) in [5.41, 5.74) is 0.707. The van der Waals surface area contributed by atoms with E-state index >= 15 is 0 Å². The summed E-state index contributed by atoms with van der Waals surface area (Å²) in [5, 5.41) is 5.91. The first kappa shape index (κ1) is 16.0. The molecule has 1 saturated heterocycles. The molecule has 1 atom stereocenters. The van der Waals surface area contributed by atoms with Crippen LogP contribution < -0.4 is 0 Å². The topological polar surface area (TPSA) is 59.2 Å². The van der Waals surface area contributed by atoms with Gasteiger partial charge >= 0.3 is 0 Å². The van der Waals surface area contributed by atoms with Crippen LogP contribution in [-0.4, -0.2) is 34.0 Å². The molecule has 1 amide bonds. The lowest BCUT2D eigenvalue weighted by Gasteiger charge is -2.30. The molecule has 25 heavy (non-hydrogen) atoms. The zero-order chi connectivity index (χ0) is 17.2. The van der Waals surface area contributed by atoms with E-state index in [1.165, 1.54) is 23.5 Å². The molecule has 1 aromatic carbocycles. The molecule has 128 valence electrons. The van der Waals surface area contributed by atoms with E-state index in [0.29, 0.717) is 23.8 Å². The molecule has 1 fully saturated rings. The number of benzene rings is 1. The van der Waals surface area contributed by atoms with Gasteiger partial charge in [0.25, 0.3) is 5.91 Å². The second-order valence-corrected chi connectivity index (χ2v) is 6.98. The number of likely N-dealkylation sites (tertiary alicyclic amines) is 1. The number of hydrogen-bond donors (Lipinski definition) is 0. The van der Waals surface area contributed by atoms with Gasteiger partial charge in [-0.15, -0.1) is 11.3 Å². The highest BCUT2D eigenvalue weighted by Crippen LogP contribution is 2.29. The third-order valence-corrected chi connectivity index (χ3v) is 5.19. The van der Waals surface area contributed by atoms with Crippen molar-refractivity contribution in [3.8, 4) is 11.4 Å². The number of carbonyl (C=O) groups is 1. The molecule has 0 bridgehead atoms. The van der Waals surface area contributed by atoms with Crippen LogP contribution in [0.4, 0.5) is 4.39 Å². The second-order valence-electron chi connectivity index (χ2n) is 6.03. The van der Waals surface area contributed by atoms with Crippen LogP contribution in [-0.2, 0) is 0 Å². The van der Waals surface area contributed by atoms with Gasteiger partial charge in [0.05, 0.1) is 10.8 Å². The van der Waals surface area contributed by atoms with Gasteiger partial charge in [0.1, 0.15) is 5.82 Å². The summed E-state index contributed by atoms with van der Waals surface area (Å²) in [5.74, 6) is 0.750. The molecule has 0 spiro atoms. The Morgan fingerprint density at radius 2 is 2.12 bits per heavy atom. The van der Waals surface area contributed by atoms with Gasteiger partial charge in [-0.05, 0) is 48.6 Å². The summed E-state index contributed by atoms with van der Waals surface area (Å²) in [6.07, 6.45) is 1.80. The van der Waals surface area contributed by atoms with Crippen LogP contribution in [0.25, 0.3) is 11.4 Å². The molecule has 0 aliphatic carbocycles. The van der Waals surface area contributed by atoms with Crippen LogP contribution in [0, 0.1) is 5.82 Å². The molecule has 7 heteroatoms. The third-order valence-electron chi connectivity index (χ3n) is 4.33. The fraction of sp³-hybridized carbons (Fsp3) is 0.278. The molecule has 0 radical (unpaired) electrons. The first-order valence-corrected chi connectivity index (χ1v) is 9.01. The van der Waals surface area contributed by atoms with Crippen LogP contribution in [0.2, 0.25) is 0 Å². The summed E-state index contributed by atoms with van der Waals surface area (Å²) in [7, 11) is 0. The largest absolute Gasteiger partial charge is 0.339 e. The van der Waals surface area contributed by atoms with Crippen molar-refractivity contribution in [3.05, 3.63) is 58.4 Å². The average molecular weight is 357 g/mol. The van der Waals surface area contributed by atoms with Crippen LogP contribution >= 0.6 is 11.3 Å². The van der Waals surface area contributed by atoms with E-state index in [1.54, 1.807) is 12.1 Å². The summed E-state index contributed by atoms with van der Waals surface area (Å²) < 4.78 is 18.5. The van der Waals surface area contributed by atoms with Crippen LogP contribution in [0.15, 0.2) is 46.3 Å². The van der Waals surface area contributed by atoms with E-state index in [9.17, 15) is 9.18 Å². The van der Waals surface area contributed by atoms with Crippen molar-refractivity contribution in [1.29, 1.82) is 0 Å². The van der Waals surface area contributed by atoms with Crippen molar-refractivity contribution in [2.24, 2.45) is 0 Å². The highest BCUT2D eigenvalue weighted by atomic mass is 32.1. The number of aromatic nitrogens is 2. The van der Waals surface area contributed by atoms with Gasteiger partial charge in [0.15, 0.2) is 0 Å². The van der Waals surface area contributed by atoms with Crippen molar-refractivity contribution in [1.82, 2.24) is 15.0 Å². The SMILES string of the molecule is O=C(c1cccs1)N1CCC[C@H](c2nc(-c3ccc(F)cc3)no2)C1. The summed E-state index contributed by atoms with van der Waals surface area (Å²) in [4.78, 5) is 19.6. The zero-order valence-electron chi connectivity index (χ0n) is 13.4. The minimum absolute atomic E-state index is 0.0272. The summed E-state index contributed by atoms with van der Waals surface area (Å²) in [6.45, 7) is 1.31. The van der Waals surface area contributed by atoms with Gasteiger partial charge in [-0.3, -0.25) is 4.79 Å². The summed E-state index contributed by atoms with van der Waals surface area (Å²) >= 11 is 1.45. The molecular weight excluding hydrogens is 341 g/mol. The van der Waals surface area contributed by atoms with E-state index in [-0.39, 0.29) is 17.6 Å². The number of nitrogens with zero attached hydrogens (tertiary/aromatic N) is 3. The first-order valence-electron chi connectivity index (χ1n) is 8.13. The molecule has 4 rings (SSSR count). The molecule has 0 unspecified atom stereocenters. The fourth-order valence-corrected chi connectivity index (χ4v) is 3.73. The first-order chi connectivity index (χ1) is 12.2. The van der Waals surface area contributed by atoms with E-state index in [1.807, 2.05) is 22.4 Å². The molecule has 1 aliphatic rings. The minimum Gasteiger partial charge on any atom is -0.339 e. The third kappa shape index (κ3) is 3.32. The molecule has 3 aromatic rings. The van der Waals surface area contributed by atoms with Crippen molar-refractivity contribution in [2.45, 2.75) is 18.8 Å². The summed E-state index contributed by atoms with van der Waals surface area (Å²) in [6, 6.07) is 9.71. The Bertz CT molecular complexity index is 861. The van der Waals surface area contributed by atoms with Gasteiger partial charge in [-0.1, -0.05) is 11.2 Å². The van der Waals surface area contributed by atoms with Gasteiger partial charge < -0.3 is 9.42 Å². The van der Waals surface area contributed by atoms with Gasteiger partial charge in [-0.2, -0.15) is 4.98 Å². The number of halogens is 1. The van der Waals surface area contributed by atoms with Crippen molar-refractivity contribution < 1.29 is 13.7 Å². The monoisotopic (exact) mass is 357 g/mol. The van der Waals surface area contributed by atoms with E-state index < -0.39 is 0 Å². The van der Waals surface area contributed by atoms with Gasteiger partial charge in [-0.25, -0.2) is 4.39 Å². The number of piperidine rings is 1. The van der Waals surface area contributed by atoms with E-state index in [4.69, 9.17) is 4.52 Å². The quantitative estimate of drug-likeness (QED) is 0.712. The lowest BCUT2D eigenvalue weighted by molar-refractivity contribution is 0.0700. The Morgan fingerprint density at radius 1 is 1.28 bits per heavy atom. The van der Waals surface area contributed by atoms with Crippen LogP contribution in [0.3, 0.4) is 0 Å². The average Bonchev–Trinajstić information content (AvgIpc) is 3.34. The molecule has 1 aliphatic heterocycles. The van der Waals surface area contributed by atoms with Gasteiger partial charge in [0.2, 0.25) is 11.7 Å². The Balaban J connectivity index is 1.50. The molecule has 5 nitrogen and oxygen atoms in total. The number of carbonyl (C=O) groups excluding carboxylic acids is 1. The number of rotatable bonds is 3. The number of thiophene rings is 1. The number of amides is 1. The van der Waals surface area contributed by atoms with Crippen molar-refractivity contribution in [2.75, 3.05) is 13.1 Å². The Kier molecular flexibility index (Phi) is 4.31. The zero-order valence-corrected chi connectivity index (χ0v) is 14.2. The molecule has 0 saturated carbocycles. The predicted octanol–water partition coefficient (Wildman–Crippen LogP) is 3.96. The predicted molar refractivity (Wildman–Crippen MR) is 91.9 cm³/mol. The second kappa shape index (κ2) is 6.76. The van der Waals surface area contributed by atoms with Crippen LogP contribution in [0.1, 0.15) is 34.3 Å². The highest BCUT2D eigenvalue weighted by molar-refractivity contribution is 7.12. The maximum atomic E-state index is 13.0. The fourth-order valence-electron chi connectivity index (χ4n) is 3.04. The highest BCUT2D eigenvalue weighted by Gasteiger charge is 2.29. The van der Waals surface area contributed by atoms with Crippen LogP contribution in [0.5, 0.6) is 0 Å². The molecule has 2 aromatic heterocycles. The Hall–Kier alpha value is -2.54. The lowest BCUT2D eigenvalue weighted by Crippen LogP contribution is -2.38. The van der Waals surface area contributed by atoms with Gasteiger partial charge in [0, 0.05) is 18.7 Å². The van der Waals surface area contributed by atoms with E-state index in [2.05, 4.69) is 10.1 Å². The van der Waals surface area contributed by atoms with E-state index in [0.717, 1.165) is 24.3 Å². The van der Waals surface area contributed by atoms with Crippen molar-refractivity contribution in [3.63, 3.8) is 0 Å². The molecule has 0 N–H and O–H groups in total.